The Morgan fingerprint density at radius 1 is 0.830 bits per heavy atom. The summed E-state index contributed by atoms with van der Waals surface area (Å²) in [5.74, 6) is 1.10. The lowest BCUT2D eigenvalue weighted by Gasteiger charge is -2.32. The second kappa shape index (κ2) is 18.5. The van der Waals surface area contributed by atoms with E-state index in [-0.39, 0.29) is 34.8 Å². The average molecular weight is 906 g/mol. The molecule has 260 valence electrons. The Kier molecular flexibility index (Phi) is 16.4. The SMILES string of the molecule is C=C(C)C1CCC(C)=C[C@H]1c1c(O)c(Br)c(CCC)c(Br)c1O.C=C(C)[C@H]1C=C[C@@](C)(O)CC1.CCCc1c(Br)c(O)cc(O)c1Br. The Hall–Kier alpha value is -1.52. The van der Waals surface area contributed by atoms with Crippen molar-refractivity contribution in [3.8, 4) is 23.0 Å². The molecule has 2 aliphatic carbocycles. The number of halogens is 4. The van der Waals surface area contributed by atoms with Crippen LogP contribution in [-0.2, 0) is 12.8 Å². The Labute approximate surface area is 315 Å². The first-order chi connectivity index (χ1) is 21.9. The molecule has 47 heavy (non-hydrogen) atoms. The van der Waals surface area contributed by atoms with Gasteiger partial charge in [0.05, 0.1) is 23.5 Å². The number of hydrogen-bond acceptors (Lipinski definition) is 5. The Morgan fingerprint density at radius 3 is 1.72 bits per heavy atom. The van der Waals surface area contributed by atoms with Gasteiger partial charge in [0.25, 0.3) is 0 Å². The molecule has 0 fully saturated rings. The molecular weight excluding hydrogens is 856 g/mol. The van der Waals surface area contributed by atoms with Gasteiger partial charge in [0, 0.05) is 17.5 Å². The van der Waals surface area contributed by atoms with Gasteiger partial charge < -0.3 is 25.5 Å². The molecule has 5 nitrogen and oxygen atoms in total. The van der Waals surface area contributed by atoms with Gasteiger partial charge in [0.15, 0.2) is 0 Å². The topological polar surface area (TPSA) is 101 Å². The molecule has 4 atom stereocenters. The van der Waals surface area contributed by atoms with Crippen LogP contribution in [0.1, 0.15) is 103 Å². The number of phenols is 4. The third kappa shape index (κ3) is 11.0. The van der Waals surface area contributed by atoms with Crippen LogP contribution in [0.15, 0.2) is 72.1 Å². The minimum Gasteiger partial charge on any atom is -0.507 e. The van der Waals surface area contributed by atoms with Gasteiger partial charge in [0.1, 0.15) is 23.0 Å². The monoisotopic (exact) mass is 902 g/mol. The fraction of sp³-hybridized carbons (Fsp3) is 0.474. The third-order valence-electron chi connectivity index (χ3n) is 8.70. The van der Waals surface area contributed by atoms with E-state index in [0.717, 1.165) is 68.1 Å². The van der Waals surface area contributed by atoms with E-state index in [9.17, 15) is 25.5 Å². The van der Waals surface area contributed by atoms with E-state index < -0.39 is 5.60 Å². The van der Waals surface area contributed by atoms with Gasteiger partial charge in [-0.1, -0.05) is 74.8 Å². The van der Waals surface area contributed by atoms with Crippen LogP contribution >= 0.6 is 63.7 Å². The van der Waals surface area contributed by atoms with Crippen LogP contribution in [0, 0.1) is 11.8 Å². The Morgan fingerprint density at radius 2 is 1.32 bits per heavy atom. The Bertz CT molecular complexity index is 1450. The maximum atomic E-state index is 10.8. The van der Waals surface area contributed by atoms with Gasteiger partial charge >= 0.3 is 0 Å². The van der Waals surface area contributed by atoms with E-state index in [1.807, 2.05) is 33.8 Å². The lowest BCUT2D eigenvalue weighted by atomic mass is 9.73. The molecule has 9 heteroatoms. The smallest absolute Gasteiger partial charge is 0.137 e. The molecule has 0 amide bonds. The van der Waals surface area contributed by atoms with Gasteiger partial charge in [-0.3, -0.25) is 0 Å². The zero-order chi connectivity index (χ0) is 35.8. The summed E-state index contributed by atoms with van der Waals surface area (Å²) in [5.41, 5.74) is 5.40. The standard InChI is InChI=1S/C19H24Br2O2.C10H16O.C9H10Br2O2/c1-5-6-13-16(20)18(22)15(19(23)17(13)21)14-9-11(4)7-8-12(14)10(2)3;1-8(2)9-4-6-10(3,11)7-5-9;1-2-3-5-8(10)6(12)4-7(13)9(5)11/h9,12,14,22-23H,2,5-8H2,1,3-4H3;4,6,9,11H,1,5,7H2,2-3H3;4,12-13H,2-3H2,1H3/t12?,14-;9-,10+;/m10./s1. The minimum absolute atomic E-state index is 0.0514. The summed E-state index contributed by atoms with van der Waals surface area (Å²) in [6.45, 7) is 20.1. The summed E-state index contributed by atoms with van der Waals surface area (Å²) in [7, 11) is 0. The van der Waals surface area contributed by atoms with Crippen molar-refractivity contribution in [2.75, 3.05) is 0 Å². The summed E-state index contributed by atoms with van der Waals surface area (Å²) < 4.78 is 2.66. The normalized spacial score (nSPS) is 21.9. The summed E-state index contributed by atoms with van der Waals surface area (Å²) in [4.78, 5) is 0. The average Bonchev–Trinajstić information content (AvgIpc) is 3.00. The van der Waals surface area contributed by atoms with E-state index in [0.29, 0.717) is 29.4 Å². The predicted octanol–water partition coefficient (Wildman–Crippen LogP) is 12.4. The molecule has 0 aromatic heterocycles. The van der Waals surface area contributed by atoms with Crippen molar-refractivity contribution in [1.82, 2.24) is 0 Å². The Balaban J connectivity index is 0.000000270. The van der Waals surface area contributed by atoms with Gasteiger partial charge in [0.2, 0.25) is 0 Å². The van der Waals surface area contributed by atoms with E-state index in [2.05, 4.69) is 103 Å². The van der Waals surface area contributed by atoms with Crippen molar-refractivity contribution in [3.63, 3.8) is 0 Å². The van der Waals surface area contributed by atoms with Crippen molar-refractivity contribution in [2.24, 2.45) is 11.8 Å². The van der Waals surface area contributed by atoms with Crippen molar-refractivity contribution in [2.45, 2.75) is 104 Å². The zero-order valence-corrected chi connectivity index (χ0v) is 34.7. The maximum absolute atomic E-state index is 10.8. The van der Waals surface area contributed by atoms with E-state index in [1.165, 1.54) is 17.2 Å². The number of rotatable bonds is 7. The second-order valence-electron chi connectivity index (χ2n) is 13.0. The molecule has 0 saturated carbocycles. The predicted molar refractivity (Wildman–Crippen MR) is 210 cm³/mol. The second-order valence-corrected chi connectivity index (χ2v) is 16.1. The van der Waals surface area contributed by atoms with Crippen LogP contribution in [0.4, 0.5) is 0 Å². The number of aromatic hydroxyl groups is 4. The van der Waals surface area contributed by atoms with Gasteiger partial charge in [-0.15, -0.1) is 0 Å². The first-order valence-corrected chi connectivity index (χ1v) is 19.3. The molecule has 5 N–H and O–H groups in total. The summed E-state index contributed by atoms with van der Waals surface area (Å²) in [6, 6.07) is 1.31. The zero-order valence-electron chi connectivity index (χ0n) is 28.4. The van der Waals surface area contributed by atoms with Crippen molar-refractivity contribution in [1.29, 1.82) is 0 Å². The van der Waals surface area contributed by atoms with Crippen molar-refractivity contribution in [3.05, 3.63) is 88.8 Å². The van der Waals surface area contributed by atoms with Crippen molar-refractivity contribution >= 4 is 63.7 Å². The first kappa shape index (κ1) is 41.7. The molecule has 2 aromatic carbocycles. The van der Waals surface area contributed by atoms with Crippen LogP contribution in [0.5, 0.6) is 23.0 Å². The van der Waals surface area contributed by atoms with Gasteiger partial charge in [-0.2, -0.15) is 0 Å². The number of benzene rings is 2. The lowest BCUT2D eigenvalue weighted by molar-refractivity contribution is 0.0903. The molecule has 0 radical (unpaired) electrons. The van der Waals surface area contributed by atoms with E-state index in [4.69, 9.17) is 0 Å². The minimum atomic E-state index is -0.577. The summed E-state index contributed by atoms with van der Waals surface area (Å²) in [5, 5.41) is 49.9. The highest BCUT2D eigenvalue weighted by molar-refractivity contribution is 9.11. The van der Waals surface area contributed by atoms with Crippen LogP contribution in [-0.4, -0.2) is 31.1 Å². The maximum Gasteiger partial charge on any atom is 0.137 e. The van der Waals surface area contributed by atoms with Gasteiger partial charge in [-0.25, -0.2) is 0 Å². The van der Waals surface area contributed by atoms with Crippen molar-refractivity contribution < 1.29 is 25.5 Å². The molecule has 2 aliphatic rings. The molecule has 2 aromatic rings. The fourth-order valence-corrected chi connectivity index (χ4v) is 8.69. The molecule has 0 heterocycles. The molecule has 0 spiro atoms. The van der Waals surface area contributed by atoms with Crippen LogP contribution in [0.2, 0.25) is 0 Å². The number of allylic oxidation sites excluding steroid dienone is 5. The summed E-state index contributed by atoms with van der Waals surface area (Å²) >= 11 is 13.6. The lowest BCUT2D eigenvalue weighted by Crippen LogP contribution is -2.25. The first-order valence-electron chi connectivity index (χ1n) is 16.1. The number of aliphatic hydroxyl groups is 1. The fourth-order valence-electron chi connectivity index (χ4n) is 5.91. The van der Waals surface area contributed by atoms with Gasteiger partial charge in [-0.05, 0) is 153 Å². The highest BCUT2D eigenvalue weighted by atomic mass is 79.9. The summed E-state index contributed by atoms with van der Waals surface area (Å²) in [6.07, 6.45) is 13.5. The molecule has 0 aliphatic heterocycles. The largest absolute Gasteiger partial charge is 0.507 e. The van der Waals surface area contributed by atoms with E-state index in [1.54, 1.807) is 0 Å². The molecule has 4 rings (SSSR count). The van der Waals surface area contributed by atoms with E-state index >= 15 is 0 Å². The molecule has 0 saturated heterocycles. The van der Waals surface area contributed by atoms with Crippen LogP contribution in [0.3, 0.4) is 0 Å². The highest BCUT2D eigenvalue weighted by Gasteiger charge is 2.33. The molecule has 1 unspecified atom stereocenters. The number of phenolic OH excluding ortho intramolecular Hbond substituents is 4. The third-order valence-corrected chi connectivity index (χ3v) is 12.2. The van der Waals surface area contributed by atoms with Crippen LogP contribution in [0.25, 0.3) is 0 Å². The number of hydrogen-bond donors (Lipinski definition) is 5. The molecular formula is C38H50Br4O5. The van der Waals surface area contributed by atoms with Crippen LogP contribution < -0.4 is 0 Å². The highest BCUT2D eigenvalue weighted by Crippen LogP contribution is 2.52. The molecule has 0 bridgehead atoms. The quantitative estimate of drug-likeness (QED) is 0.178.